The highest BCUT2D eigenvalue weighted by molar-refractivity contribution is 6.04. The molecule has 3 fully saturated rings. The maximum Gasteiger partial charge on any atom is 0.251 e. The van der Waals surface area contributed by atoms with E-state index in [-0.39, 0.29) is 23.9 Å². The fourth-order valence-electron chi connectivity index (χ4n) is 6.91. The van der Waals surface area contributed by atoms with Crippen molar-refractivity contribution in [3.8, 4) is 0 Å². The number of carbonyl (C=O) groups excluding carboxylic acids is 2. The van der Waals surface area contributed by atoms with Crippen LogP contribution < -0.4 is 20.4 Å². The Balaban J connectivity index is 1.03. The molecule has 2 N–H and O–H groups in total. The van der Waals surface area contributed by atoms with Crippen LogP contribution in [0.15, 0.2) is 36.4 Å². The highest BCUT2D eigenvalue weighted by Gasteiger charge is 2.35. The number of fused-ring (bicyclic) bond motifs is 1. The quantitative estimate of drug-likeness (QED) is 0.434. The first kappa shape index (κ1) is 29.8. The molecule has 1 aromatic carbocycles. The van der Waals surface area contributed by atoms with Crippen molar-refractivity contribution in [2.75, 3.05) is 75.1 Å². The van der Waals surface area contributed by atoms with Crippen molar-refractivity contribution < 1.29 is 14.3 Å². The number of pyridine rings is 1. The van der Waals surface area contributed by atoms with Crippen LogP contribution in [0.1, 0.15) is 55.8 Å². The van der Waals surface area contributed by atoms with E-state index >= 15 is 0 Å². The van der Waals surface area contributed by atoms with Crippen LogP contribution in [-0.4, -0.2) is 105 Å². The molecule has 2 amide bonds. The Kier molecular flexibility index (Phi) is 9.16. The van der Waals surface area contributed by atoms with Crippen molar-refractivity contribution >= 4 is 34.8 Å². The molecule has 2 saturated carbocycles. The van der Waals surface area contributed by atoms with Crippen molar-refractivity contribution in [3.05, 3.63) is 42.0 Å². The zero-order valence-electron chi connectivity index (χ0n) is 25.9. The lowest BCUT2D eigenvalue weighted by Gasteiger charge is -2.42. The molecule has 2 aliphatic heterocycles. The second-order valence-corrected chi connectivity index (χ2v) is 12.8. The molecule has 3 heterocycles. The van der Waals surface area contributed by atoms with E-state index in [0.29, 0.717) is 30.6 Å². The van der Waals surface area contributed by atoms with E-state index in [1.807, 2.05) is 48.2 Å². The number of hydrogen-bond acceptors (Lipinski definition) is 8. The summed E-state index contributed by atoms with van der Waals surface area (Å²) < 4.78 is 5.28. The third kappa shape index (κ3) is 6.97. The lowest BCUT2D eigenvalue weighted by molar-refractivity contribution is -0.119. The van der Waals surface area contributed by atoms with Crippen LogP contribution in [0.4, 0.5) is 23.0 Å². The van der Waals surface area contributed by atoms with Crippen molar-refractivity contribution in [1.82, 2.24) is 20.1 Å². The first-order chi connectivity index (χ1) is 20.9. The van der Waals surface area contributed by atoms with Crippen LogP contribution in [0.3, 0.4) is 0 Å². The Labute approximate surface area is 255 Å². The van der Waals surface area contributed by atoms with Gasteiger partial charge in [-0.15, -0.1) is 0 Å². The van der Waals surface area contributed by atoms with Crippen LogP contribution in [0.25, 0.3) is 0 Å². The summed E-state index contributed by atoms with van der Waals surface area (Å²) in [6.45, 7) is 9.05. The predicted molar refractivity (Wildman–Crippen MR) is 170 cm³/mol. The number of nitrogens with one attached hydrogen (secondary N) is 2. The SMILES string of the molecule is COCCN1c2nc(Nc3cccc(C(=O)NC4CCC(N5CCN(CC6CC6)CC5)CC4)c3)ccc2N(C)C(=O)[C@H]1C. The highest BCUT2D eigenvalue weighted by atomic mass is 16.5. The normalized spacial score (nSPS) is 25.0. The van der Waals surface area contributed by atoms with Crippen molar-refractivity contribution in [3.63, 3.8) is 0 Å². The molecule has 2 aromatic rings. The summed E-state index contributed by atoms with van der Waals surface area (Å²) >= 11 is 0. The Hall–Kier alpha value is -3.21. The maximum absolute atomic E-state index is 13.2. The second-order valence-electron chi connectivity index (χ2n) is 12.8. The van der Waals surface area contributed by atoms with Gasteiger partial charge in [0.05, 0.1) is 12.3 Å². The molecular formula is C33H47N7O3. The molecule has 4 aliphatic rings. The van der Waals surface area contributed by atoms with Crippen molar-refractivity contribution in [1.29, 1.82) is 0 Å². The molecule has 6 rings (SSSR count). The van der Waals surface area contributed by atoms with Gasteiger partial charge in [-0.1, -0.05) is 6.07 Å². The van der Waals surface area contributed by atoms with Gasteiger partial charge < -0.3 is 30.1 Å². The molecule has 10 heteroatoms. The van der Waals surface area contributed by atoms with Gasteiger partial charge in [0.2, 0.25) is 5.91 Å². The van der Waals surface area contributed by atoms with Gasteiger partial charge in [-0.25, -0.2) is 4.98 Å². The molecular weight excluding hydrogens is 542 g/mol. The van der Waals surface area contributed by atoms with Crippen LogP contribution in [0.2, 0.25) is 0 Å². The number of benzene rings is 1. The molecule has 232 valence electrons. The van der Waals surface area contributed by atoms with Crippen LogP contribution in [0, 0.1) is 5.92 Å². The zero-order chi connectivity index (χ0) is 29.9. The number of carbonyl (C=O) groups is 2. The Bertz CT molecular complexity index is 1290. The smallest absolute Gasteiger partial charge is 0.251 e. The summed E-state index contributed by atoms with van der Waals surface area (Å²) in [6, 6.07) is 11.9. The lowest BCUT2D eigenvalue weighted by atomic mass is 9.89. The average molecular weight is 590 g/mol. The molecule has 2 aliphatic carbocycles. The molecule has 1 atom stereocenters. The van der Waals surface area contributed by atoms with E-state index in [1.165, 1.54) is 45.6 Å². The number of nitrogens with zero attached hydrogens (tertiary/aromatic N) is 5. The topological polar surface area (TPSA) is 93.3 Å². The van der Waals surface area contributed by atoms with E-state index in [9.17, 15) is 9.59 Å². The molecule has 0 spiro atoms. The monoisotopic (exact) mass is 589 g/mol. The van der Waals surface area contributed by atoms with Gasteiger partial charge >= 0.3 is 0 Å². The predicted octanol–water partition coefficient (Wildman–Crippen LogP) is 3.71. The average Bonchev–Trinajstić information content (AvgIpc) is 3.85. The fourth-order valence-corrected chi connectivity index (χ4v) is 6.91. The molecule has 1 aromatic heterocycles. The second kappa shape index (κ2) is 13.2. The molecule has 0 radical (unpaired) electrons. The molecule has 0 unspecified atom stereocenters. The molecule has 10 nitrogen and oxygen atoms in total. The van der Waals surface area contributed by atoms with Crippen LogP contribution >= 0.6 is 0 Å². The molecule has 43 heavy (non-hydrogen) atoms. The van der Waals surface area contributed by atoms with Crippen molar-refractivity contribution in [2.45, 2.75) is 63.6 Å². The number of methoxy groups -OCH3 is 1. The summed E-state index contributed by atoms with van der Waals surface area (Å²) in [6.07, 6.45) is 7.23. The number of aromatic nitrogens is 1. The van der Waals surface area contributed by atoms with Gasteiger partial charge in [0.15, 0.2) is 5.82 Å². The number of piperazine rings is 1. The number of anilines is 4. The standard InChI is InChI=1S/C33H47N7O3/c1-23-33(42)37(2)29-13-14-30(36-31(29)40(23)19-20-43-3)34-27-6-4-5-25(21-27)32(41)35-26-9-11-28(12-10-26)39-17-15-38(16-18-39)22-24-7-8-24/h4-6,13-14,21,23-24,26,28H,7-12,15-20,22H2,1-3H3,(H,34,36)(H,35,41)/t23-,26?,28?/m1/s1. The van der Waals surface area contributed by atoms with E-state index in [1.54, 1.807) is 19.1 Å². The van der Waals surface area contributed by atoms with Crippen LogP contribution in [-0.2, 0) is 9.53 Å². The van der Waals surface area contributed by atoms with Gasteiger partial charge in [0, 0.05) is 76.8 Å². The third-order valence-electron chi connectivity index (χ3n) is 9.75. The number of ether oxygens (including phenoxy) is 1. The molecule has 0 bridgehead atoms. The lowest BCUT2D eigenvalue weighted by Crippen LogP contribution is -2.52. The van der Waals surface area contributed by atoms with E-state index < -0.39 is 0 Å². The van der Waals surface area contributed by atoms with Crippen molar-refractivity contribution in [2.24, 2.45) is 5.92 Å². The number of amides is 2. The summed E-state index contributed by atoms with van der Waals surface area (Å²) in [7, 11) is 3.44. The Morgan fingerprint density at radius 1 is 1.02 bits per heavy atom. The first-order valence-electron chi connectivity index (χ1n) is 16.1. The first-order valence-corrected chi connectivity index (χ1v) is 16.1. The Morgan fingerprint density at radius 2 is 1.79 bits per heavy atom. The number of rotatable bonds is 10. The highest BCUT2D eigenvalue weighted by Crippen LogP contribution is 2.35. The largest absolute Gasteiger partial charge is 0.383 e. The number of hydrogen-bond donors (Lipinski definition) is 2. The summed E-state index contributed by atoms with van der Waals surface area (Å²) in [5, 5.41) is 6.67. The van der Waals surface area contributed by atoms with Gasteiger partial charge in [0.1, 0.15) is 11.9 Å². The molecule has 1 saturated heterocycles. The van der Waals surface area contributed by atoms with Gasteiger partial charge in [0.25, 0.3) is 5.91 Å². The zero-order valence-corrected chi connectivity index (χ0v) is 25.9. The Morgan fingerprint density at radius 3 is 2.51 bits per heavy atom. The fraction of sp³-hybridized carbons (Fsp3) is 0.606. The van der Waals surface area contributed by atoms with E-state index in [4.69, 9.17) is 9.72 Å². The summed E-state index contributed by atoms with van der Waals surface area (Å²) in [4.78, 5) is 39.9. The maximum atomic E-state index is 13.2. The van der Waals surface area contributed by atoms with Crippen LogP contribution in [0.5, 0.6) is 0 Å². The minimum atomic E-state index is -0.334. The minimum absolute atomic E-state index is 0.0280. The van der Waals surface area contributed by atoms with Gasteiger partial charge in [-0.2, -0.15) is 0 Å². The number of likely N-dealkylation sites (N-methyl/N-ethyl adjacent to an activating group) is 1. The summed E-state index contributed by atoms with van der Waals surface area (Å²) in [5.41, 5.74) is 2.20. The van der Waals surface area contributed by atoms with E-state index in [2.05, 4.69) is 20.4 Å². The minimum Gasteiger partial charge on any atom is -0.383 e. The summed E-state index contributed by atoms with van der Waals surface area (Å²) in [5.74, 6) is 2.36. The van der Waals surface area contributed by atoms with Gasteiger partial charge in [-0.3, -0.25) is 14.5 Å². The third-order valence-corrected chi connectivity index (χ3v) is 9.75. The van der Waals surface area contributed by atoms with E-state index in [0.717, 1.165) is 48.8 Å². The van der Waals surface area contributed by atoms with Gasteiger partial charge in [-0.05, 0) is 81.7 Å².